The number of unbranched alkanes of at least 4 members (excludes halogenated alkanes) is 1. The van der Waals surface area contributed by atoms with Gasteiger partial charge in [0.2, 0.25) is 0 Å². The van der Waals surface area contributed by atoms with Gasteiger partial charge in [-0.2, -0.15) is 0 Å². The lowest BCUT2D eigenvalue weighted by Crippen LogP contribution is -1.90. The maximum absolute atomic E-state index is 13.1. The molecule has 0 spiro atoms. The van der Waals surface area contributed by atoms with Crippen LogP contribution in [0.3, 0.4) is 0 Å². The number of rotatable bonds is 6. The lowest BCUT2D eigenvalue weighted by Gasteiger charge is -2.06. The maximum atomic E-state index is 13.1. The van der Waals surface area contributed by atoms with Crippen LogP contribution >= 0.6 is 0 Å². The molecule has 1 heterocycles. The number of benzene rings is 2. The summed E-state index contributed by atoms with van der Waals surface area (Å²) in [6, 6.07) is 17.1. The largest absolute Gasteiger partial charge is 0.345 e. The van der Waals surface area contributed by atoms with Crippen LogP contribution in [-0.2, 0) is 6.42 Å². The molecule has 2 nitrogen and oxygen atoms in total. The van der Waals surface area contributed by atoms with Crippen molar-refractivity contribution in [3.8, 4) is 0 Å². The van der Waals surface area contributed by atoms with Gasteiger partial charge >= 0.3 is 0 Å². The number of nitrogens with one attached hydrogen (secondary N) is 1. The summed E-state index contributed by atoms with van der Waals surface area (Å²) in [6.07, 6.45) is 8.74. The minimum absolute atomic E-state index is 0.221. The van der Waals surface area contributed by atoms with Gasteiger partial charge in [-0.05, 0) is 42.5 Å². The molecular formula is C20H19FN2. The van der Waals surface area contributed by atoms with E-state index in [9.17, 15) is 4.39 Å². The van der Waals surface area contributed by atoms with Crippen LogP contribution in [-0.4, -0.2) is 9.97 Å². The molecule has 3 heteroatoms. The Hall–Kier alpha value is -2.68. The van der Waals surface area contributed by atoms with Crippen LogP contribution in [0.2, 0.25) is 0 Å². The second-order valence-corrected chi connectivity index (χ2v) is 5.47. The molecule has 0 atom stereocenters. The summed E-state index contributed by atoms with van der Waals surface area (Å²) < 4.78 is 13.1. The second kappa shape index (κ2) is 7.54. The smallest absolute Gasteiger partial charge is 0.123 e. The van der Waals surface area contributed by atoms with Gasteiger partial charge in [0.05, 0.1) is 18.2 Å². The van der Waals surface area contributed by atoms with Gasteiger partial charge in [-0.25, -0.2) is 9.37 Å². The fraction of sp³-hybridized carbons (Fsp3) is 0.150. The molecule has 0 aliphatic carbocycles. The van der Waals surface area contributed by atoms with Crippen LogP contribution in [0.15, 0.2) is 73.2 Å². The number of allylic oxidation sites excluding steroid dienone is 1. The maximum Gasteiger partial charge on any atom is 0.123 e. The molecule has 0 aliphatic rings. The predicted molar refractivity (Wildman–Crippen MR) is 91.4 cm³/mol. The summed E-state index contributed by atoms with van der Waals surface area (Å²) in [7, 11) is 0. The number of halogens is 1. The summed E-state index contributed by atoms with van der Waals surface area (Å²) in [5, 5.41) is 0. The van der Waals surface area contributed by atoms with Gasteiger partial charge in [0.1, 0.15) is 5.82 Å². The van der Waals surface area contributed by atoms with E-state index in [0.29, 0.717) is 0 Å². The first kappa shape index (κ1) is 15.2. The molecule has 23 heavy (non-hydrogen) atoms. The minimum atomic E-state index is -0.221. The lowest BCUT2D eigenvalue weighted by molar-refractivity contribution is 0.627. The highest BCUT2D eigenvalue weighted by molar-refractivity contribution is 5.77. The number of imidazole rings is 1. The van der Waals surface area contributed by atoms with Crippen LogP contribution in [0.5, 0.6) is 0 Å². The van der Waals surface area contributed by atoms with E-state index in [2.05, 4.69) is 40.3 Å². The highest BCUT2D eigenvalue weighted by Gasteiger charge is 2.06. The van der Waals surface area contributed by atoms with Crippen LogP contribution < -0.4 is 0 Å². The highest BCUT2D eigenvalue weighted by atomic mass is 19.1. The standard InChI is InChI=1S/C20H19FN2/c21-18-12-10-17(11-13-18)19(20-14-22-15-23-20)9-5-4-8-16-6-2-1-3-7-16/h1-3,6-7,9-15H,4-5,8H2,(H,22,23)/b19-9+. The Morgan fingerprint density at radius 2 is 1.83 bits per heavy atom. The summed E-state index contributed by atoms with van der Waals surface area (Å²) in [5.74, 6) is -0.221. The number of aromatic nitrogens is 2. The summed E-state index contributed by atoms with van der Waals surface area (Å²) in [6.45, 7) is 0. The Morgan fingerprint density at radius 3 is 2.52 bits per heavy atom. The first-order chi connectivity index (χ1) is 11.3. The number of hydrogen-bond acceptors (Lipinski definition) is 1. The third-order valence-electron chi connectivity index (χ3n) is 3.80. The van der Waals surface area contributed by atoms with Gasteiger partial charge < -0.3 is 4.98 Å². The van der Waals surface area contributed by atoms with Crippen molar-refractivity contribution >= 4 is 5.57 Å². The van der Waals surface area contributed by atoms with Gasteiger partial charge in [0.25, 0.3) is 0 Å². The van der Waals surface area contributed by atoms with Crippen LogP contribution in [0.25, 0.3) is 5.57 Å². The second-order valence-electron chi connectivity index (χ2n) is 5.47. The summed E-state index contributed by atoms with van der Waals surface area (Å²) in [4.78, 5) is 7.23. The third-order valence-corrected chi connectivity index (χ3v) is 3.80. The van der Waals surface area contributed by atoms with E-state index in [1.54, 1.807) is 24.7 Å². The molecule has 0 fully saturated rings. The minimum Gasteiger partial charge on any atom is -0.345 e. The van der Waals surface area contributed by atoms with Gasteiger partial charge in [-0.1, -0.05) is 48.5 Å². The zero-order chi connectivity index (χ0) is 15.9. The average molecular weight is 306 g/mol. The average Bonchev–Trinajstić information content (AvgIpc) is 3.11. The number of nitrogens with zero attached hydrogens (tertiary/aromatic N) is 1. The normalized spacial score (nSPS) is 11.6. The molecule has 0 bridgehead atoms. The van der Waals surface area contributed by atoms with Gasteiger partial charge in [0.15, 0.2) is 0 Å². The van der Waals surface area contributed by atoms with Crippen LogP contribution in [0, 0.1) is 5.82 Å². The highest BCUT2D eigenvalue weighted by Crippen LogP contribution is 2.23. The Morgan fingerprint density at radius 1 is 1.04 bits per heavy atom. The van der Waals surface area contributed by atoms with Crippen molar-refractivity contribution in [2.45, 2.75) is 19.3 Å². The molecule has 0 aliphatic heterocycles. The predicted octanol–water partition coefficient (Wildman–Crippen LogP) is 5.00. The van der Waals surface area contributed by atoms with Crippen molar-refractivity contribution in [2.24, 2.45) is 0 Å². The van der Waals surface area contributed by atoms with Crippen LogP contribution in [0.4, 0.5) is 4.39 Å². The van der Waals surface area contributed by atoms with Crippen LogP contribution in [0.1, 0.15) is 29.7 Å². The van der Waals surface area contributed by atoms with Gasteiger partial charge in [-0.3, -0.25) is 0 Å². The monoisotopic (exact) mass is 306 g/mol. The van der Waals surface area contributed by atoms with Crippen molar-refractivity contribution in [1.82, 2.24) is 9.97 Å². The summed E-state index contributed by atoms with van der Waals surface area (Å²) >= 11 is 0. The Balaban J connectivity index is 1.72. The SMILES string of the molecule is Fc1ccc(/C(=C\CCCc2ccccc2)c2cnc[nH]2)cc1. The quantitative estimate of drug-likeness (QED) is 0.638. The molecule has 0 amide bonds. The molecule has 1 aromatic heterocycles. The zero-order valence-electron chi connectivity index (χ0n) is 12.9. The molecular weight excluding hydrogens is 287 g/mol. The zero-order valence-corrected chi connectivity index (χ0v) is 12.9. The van der Waals surface area contributed by atoms with E-state index in [1.165, 1.54) is 17.7 Å². The van der Waals surface area contributed by atoms with Crippen molar-refractivity contribution in [3.05, 3.63) is 95.8 Å². The van der Waals surface area contributed by atoms with Gasteiger partial charge in [-0.15, -0.1) is 0 Å². The van der Waals surface area contributed by atoms with Crippen molar-refractivity contribution in [1.29, 1.82) is 0 Å². The molecule has 3 rings (SSSR count). The molecule has 116 valence electrons. The van der Waals surface area contributed by atoms with E-state index in [1.807, 2.05) is 6.07 Å². The molecule has 0 radical (unpaired) electrons. The van der Waals surface area contributed by atoms with E-state index in [4.69, 9.17) is 0 Å². The number of aromatic amines is 1. The van der Waals surface area contributed by atoms with Crippen molar-refractivity contribution in [3.63, 3.8) is 0 Å². The number of aryl methyl sites for hydroxylation is 1. The molecule has 0 unspecified atom stereocenters. The van der Waals surface area contributed by atoms with E-state index in [-0.39, 0.29) is 5.82 Å². The van der Waals surface area contributed by atoms with E-state index < -0.39 is 0 Å². The molecule has 2 aromatic carbocycles. The number of H-pyrrole nitrogens is 1. The fourth-order valence-corrected chi connectivity index (χ4v) is 2.61. The van der Waals surface area contributed by atoms with Crippen molar-refractivity contribution in [2.75, 3.05) is 0 Å². The molecule has 3 aromatic rings. The molecule has 0 saturated carbocycles. The third kappa shape index (κ3) is 4.16. The molecule has 0 saturated heterocycles. The Bertz CT molecular complexity index is 744. The Labute approximate surface area is 135 Å². The van der Waals surface area contributed by atoms with Gasteiger partial charge in [0, 0.05) is 5.57 Å². The first-order valence-electron chi connectivity index (χ1n) is 7.82. The lowest BCUT2D eigenvalue weighted by atomic mass is 10.0. The Kier molecular flexibility index (Phi) is 4.99. The first-order valence-corrected chi connectivity index (χ1v) is 7.82. The van der Waals surface area contributed by atoms with E-state index >= 15 is 0 Å². The van der Waals surface area contributed by atoms with Crippen molar-refractivity contribution < 1.29 is 4.39 Å². The summed E-state index contributed by atoms with van der Waals surface area (Å²) in [5.41, 5.74) is 4.37. The fourth-order valence-electron chi connectivity index (χ4n) is 2.61. The molecule has 1 N–H and O–H groups in total. The number of hydrogen-bond donors (Lipinski definition) is 1. The topological polar surface area (TPSA) is 28.7 Å². The van der Waals surface area contributed by atoms with E-state index in [0.717, 1.165) is 36.1 Å².